The highest BCUT2D eigenvalue weighted by molar-refractivity contribution is 7.15. The third-order valence-electron chi connectivity index (χ3n) is 2.25. The fraction of sp³-hybridized carbons (Fsp3) is 0.273. The lowest BCUT2D eigenvalue weighted by Crippen LogP contribution is -2.07. The maximum Gasteiger partial charge on any atom is 0.206 e. The number of aromatic nitrogens is 2. The predicted octanol–water partition coefficient (Wildman–Crippen LogP) is 3.30. The van der Waals surface area contributed by atoms with Crippen LogP contribution in [0.1, 0.15) is 23.5 Å². The van der Waals surface area contributed by atoms with E-state index in [2.05, 4.69) is 15.5 Å². The molecule has 0 saturated carbocycles. The van der Waals surface area contributed by atoms with Gasteiger partial charge in [0.05, 0.1) is 6.04 Å². The Hall–Kier alpha value is -1.56. The summed E-state index contributed by atoms with van der Waals surface area (Å²) in [5.41, 5.74) is 0.537. The molecule has 0 saturated heterocycles. The van der Waals surface area contributed by atoms with Crippen molar-refractivity contribution < 1.29 is 8.78 Å². The first-order valence-electron chi connectivity index (χ1n) is 5.07. The van der Waals surface area contributed by atoms with Gasteiger partial charge in [-0.25, -0.2) is 8.78 Å². The molecule has 0 amide bonds. The number of nitrogens with zero attached hydrogens (tertiary/aromatic N) is 2. The number of halogens is 2. The van der Waals surface area contributed by atoms with E-state index in [1.165, 1.54) is 23.5 Å². The summed E-state index contributed by atoms with van der Waals surface area (Å²) in [5, 5.41) is 12.3. The normalized spacial score (nSPS) is 12.5. The molecule has 0 spiro atoms. The molecule has 0 bridgehead atoms. The van der Waals surface area contributed by atoms with Crippen molar-refractivity contribution in [3.05, 3.63) is 40.4 Å². The second-order valence-electron chi connectivity index (χ2n) is 3.70. The monoisotopic (exact) mass is 255 g/mol. The number of nitrogens with one attached hydrogen (secondary N) is 1. The van der Waals surface area contributed by atoms with E-state index < -0.39 is 11.6 Å². The molecule has 0 aliphatic heterocycles. The maximum atomic E-state index is 13.0. The summed E-state index contributed by atoms with van der Waals surface area (Å²) < 4.78 is 26.1. The smallest absolute Gasteiger partial charge is 0.206 e. The Balaban J connectivity index is 2.16. The fourth-order valence-electron chi connectivity index (χ4n) is 1.45. The zero-order valence-electron chi connectivity index (χ0n) is 9.37. The zero-order chi connectivity index (χ0) is 12.4. The van der Waals surface area contributed by atoms with Gasteiger partial charge in [-0.2, -0.15) is 0 Å². The molecule has 3 nitrogen and oxygen atoms in total. The molecule has 1 heterocycles. The van der Waals surface area contributed by atoms with Crippen LogP contribution in [0.3, 0.4) is 0 Å². The molecule has 17 heavy (non-hydrogen) atoms. The van der Waals surface area contributed by atoms with Crippen LogP contribution < -0.4 is 5.32 Å². The van der Waals surface area contributed by atoms with Crippen LogP contribution in [0.15, 0.2) is 18.2 Å². The lowest BCUT2D eigenvalue weighted by atomic mass is 10.1. The lowest BCUT2D eigenvalue weighted by molar-refractivity contribution is 0.577. The number of benzene rings is 1. The number of aryl methyl sites for hydroxylation is 1. The topological polar surface area (TPSA) is 37.8 Å². The molecular formula is C11H11F2N3S. The van der Waals surface area contributed by atoms with Crippen LogP contribution in [0.5, 0.6) is 0 Å². The average Bonchev–Trinajstić information content (AvgIpc) is 2.62. The lowest BCUT2D eigenvalue weighted by Gasteiger charge is -2.12. The van der Waals surface area contributed by atoms with E-state index in [1.807, 2.05) is 13.8 Å². The molecule has 2 aromatic rings. The summed E-state index contributed by atoms with van der Waals surface area (Å²) in [6.45, 7) is 3.65. The van der Waals surface area contributed by atoms with Crippen molar-refractivity contribution in [2.75, 3.05) is 5.32 Å². The van der Waals surface area contributed by atoms with E-state index in [1.54, 1.807) is 0 Å². The highest BCUT2D eigenvalue weighted by Crippen LogP contribution is 2.22. The Bertz CT molecular complexity index is 507. The summed E-state index contributed by atoms with van der Waals surface area (Å²) in [7, 11) is 0. The summed E-state index contributed by atoms with van der Waals surface area (Å²) >= 11 is 1.40. The Kier molecular flexibility index (Phi) is 3.33. The highest BCUT2D eigenvalue weighted by atomic mass is 32.1. The molecule has 1 unspecified atom stereocenters. The molecule has 1 aromatic carbocycles. The van der Waals surface area contributed by atoms with Crippen molar-refractivity contribution in [2.45, 2.75) is 19.9 Å². The van der Waals surface area contributed by atoms with Gasteiger partial charge in [-0.3, -0.25) is 0 Å². The number of hydrogen-bond acceptors (Lipinski definition) is 4. The van der Waals surface area contributed by atoms with Crippen LogP contribution in [0.4, 0.5) is 13.9 Å². The Morgan fingerprint density at radius 2 is 1.82 bits per heavy atom. The minimum atomic E-state index is -0.581. The van der Waals surface area contributed by atoms with Gasteiger partial charge < -0.3 is 5.32 Å². The molecular weight excluding hydrogens is 244 g/mol. The van der Waals surface area contributed by atoms with Gasteiger partial charge in [0.25, 0.3) is 0 Å². The first-order valence-corrected chi connectivity index (χ1v) is 5.89. The second-order valence-corrected chi connectivity index (χ2v) is 4.88. The van der Waals surface area contributed by atoms with Crippen molar-refractivity contribution in [3.63, 3.8) is 0 Å². The van der Waals surface area contributed by atoms with Crippen molar-refractivity contribution in [1.82, 2.24) is 10.2 Å². The molecule has 0 aliphatic carbocycles. The fourth-order valence-corrected chi connectivity index (χ4v) is 2.13. The first-order chi connectivity index (χ1) is 8.04. The summed E-state index contributed by atoms with van der Waals surface area (Å²) in [5.74, 6) is -1.16. The number of anilines is 1. The summed E-state index contributed by atoms with van der Waals surface area (Å²) in [4.78, 5) is 0. The second kappa shape index (κ2) is 4.75. The Morgan fingerprint density at radius 3 is 2.35 bits per heavy atom. The molecule has 1 N–H and O–H groups in total. The molecule has 1 aromatic heterocycles. The van der Waals surface area contributed by atoms with Gasteiger partial charge in [0.15, 0.2) is 0 Å². The van der Waals surface area contributed by atoms with Crippen LogP contribution >= 0.6 is 11.3 Å². The van der Waals surface area contributed by atoms with Gasteiger partial charge >= 0.3 is 0 Å². The van der Waals surface area contributed by atoms with Crippen molar-refractivity contribution >= 4 is 16.5 Å². The van der Waals surface area contributed by atoms with Crippen LogP contribution in [0.25, 0.3) is 0 Å². The summed E-state index contributed by atoms with van der Waals surface area (Å²) in [6, 6.07) is 3.22. The van der Waals surface area contributed by atoms with Crippen LogP contribution in [-0.2, 0) is 0 Å². The van der Waals surface area contributed by atoms with E-state index >= 15 is 0 Å². The van der Waals surface area contributed by atoms with Crippen molar-refractivity contribution in [2.24, 2.45) is 0 Å². The Labute approximate surface area is 102 Å². The molecule has 0 radical (unpaired) electrons. The SMILES string of the molecule is Cc1nnc(NC(C)c2cc(F)cc(F)c2)s1. The first kappa shape index (κ1) is 11.9. The highest BCUT2D eigenvalue weighted by Gasteiger charge is 2.10. The van der Waals surface area contributed by atoms with Crippen molar-refractivity contribution in [3.8, 4) is 0 Å². The molecule has 90 valence electrons. The quantitative estimate of drug-likeness (QED) is 0.914. The number of hydrogen-bond donors (Lipinski definition) is 1. The third-order valence-corrected chi connectivity index (χ3v) is 3.02. The Morgan fingerprint density at radius 1 is 1.18 bits per heavy atom. The minimum absolute atomic E-state index is 0.229. The van der Waals surface area contributed by atoms with E-state index in [0.717, 1.165) is 11.1 Å². The van der Waals surface area contributed by atoms with Gasteiger partial charge in [-0.05, 0) is 31.5 Å². The van der Waals surface area contributed by atoms with Crippen molar-refractivity contribution in [1.29, 1.82) is 0 Å². The summed E-state index contributed by atoms with van der Waals surface area (Å²) in [6.07, 6.45) is 0. The molecule has 0 aliphatic rings. The minimum Gasteiger partial charge on any atom is -0.354 e. The molecule has 6 heteroatoms. The third kappa shape index (κ3) is 2.97. The predicted molar refractivity (Wildman–Crippen MR) is 63.0 cm³/mol. The van der Waals surface area contributed by atoms with Gasteiger partial charge in [0, 0.05) is 6.07 Å². The standard InChI is InChI=1S/C11H11F2N3S/c1-6(14-11-16-15-7(2)17-11)8-3-9(12)5-10(13)4-8/h3-6H,1-2H3,(H,14,16). The average molecular weight is 255 g/mol. The van der Waals surface area contributed by atoms with Gasteiger partial charge in [0.2, 0.25) is 5.13 Å². The largest absolute Gasteiger partial charge is 0.354 e. The van der Waals surface area contributed by atoms with E-state index in [-0.39, 0.29) is 6.04 Å². The van der Waals surface area contributed by atoms with E-state index in [9.17, 15) is 8.78 Å². The number of rotatable bonds is 3. The van der Waals surface area contributed by atoms with Gasteiger partial charge in [-0.1, -0.05) is 11.3 Å². The molecule has 2 rings (SSSR count). The van der Waals surface area contributed by atoms with Gasteiger partial charge in [0.1, 0.15) is 16.6 Å². The molecule has 0 fully saturated rings. The molecule has 1 atom stereocenters. The van der Waals surface area contributed by atoms with Crippen LogP contribution in [0.2, 0.25) is 0 Å². The zero-order valence-corrected chi connectivity index (χ0v) is 10.2. The maximum absolute atomic E-state index is 13.0. The van der Waals surface area contributed by atoms with Gasteiger partial charge in [-0.15, -0.1) is 10.2 Å². The van der Waals surface area contributed by atoms with Crippen LogP contribution in [-0.4, -0.2) is 10.2 Å². The van der Waals surface area contributed by atoms with E-state index in [0.29, 0.717) is 10.7 Å². The van der Waals surface area contributed by atoms with E-state index in [4.69, 9.17) is 0 Å². The van der Waals surface area contributed by atoms with Crippen LogP contribution in [0, 0.1) is 18.6 Å².